The Bertz CT molecular complexity index is 810. The molecule has 1 atom stereocenters. The molecule has 0 aliphatic rings. The minimum Gasteiger partial charge on any atom is -0.461 e. The molecule has 3 nitrogen and oxygen atoms in total. The number of anilines is 1. The Balaban J connectivity index is 1.87. The maximum Gasteiger partial charge on any atom is 0.199 e. The second-order valence-electron chi connectivity index (χ2n) is 5.66. The second-order valence-corrected chi connectivity index (χ2v) is 6.90. The van der Waals surface area contributed by atoms with Crippen molar-refractivity contribution in [2.24, 2.45) is 0 Å². The fraction of sp³-hybridized carbons (Fsp3) is 0.150. The molecule has 1 aromatic heterocycles. The number of thioether (sulfide) groups is 1. The van der Waals surface area contributed by atoms with Crippen LogP contribution >= 0.6 is 11.8 Å². The molecule has 0 aliphatic carbocycles. The summed E-state index contributed by atoms with van der Waals surface area (Å²) in [6.07, 6.45) is 1.88. The predicted octanol–water partition coefficient (Wildman–Crippen LogP) is 5.28. The highest BCUT2D eigenvalue weighted by Crippen LogP contribution is 2.40. The summed E-state index contributed by atoms with van der Waals surface area (Å²) >= 11 is 1.61. The molecule has 0 fully saturated rings. The topological polar surface area (TPSA) is 56.2 Å². The summed E-state index contributed by atoms with van der Waals surface area (Å²) in [4.78, 5) is 13.5. The zero-order valence-electron chi connectivity index (χ0n) is 13.4. The minimum atomic E-state index is -0.0205. The van der Waals surface area contributed by atoms with E-state index in [0.29, 0.717) is 12.2 Å². The first-order valence-electron chi connectivity index (χ1n) is 7.78. The van der Waals surface area contributed by atoms with Crippen LogP contribution in [0, 0.1) is 6.92 Å². The van der Waals surface area contributed by atoms with E-state index in [1.54, 1.807) is 23.9 Å². The first kappa shape index (κ1) is 16.4. The molecule has 0 amide bonds. The number of rotatable bonds is 6. The van der Waals surface area contributed by atoms with E-state index in [9.17, 15) is 4.79 Å². The highest BCUT2D eigenvalue weighted by atomic mass is 32.2. The molecule has 0 saturated carbocycles. The third-order valence-corrected chi connectivity index (χ3v) is 5.15. The first-order chi connectivity index (χ1) is 11.6. The monoisotopic (exact) mass is 337 g/mol. The quantitative estimate of drug-likeness (QED) is 0.378. The van der Waals surface area contributed by atoms with Crippen molar-refractivity contribution in [3.8, 4) is 0 Å². The van der Waals surface area contributed by atoms with Gasteiger partial charge in [-0.3, -0.25) is 4.79 Å². The zero-order valence-corrected chi connectivity index (χ0v) is 14.3. The number of carbonyl (C=O) groups excluding carboxylic acids is 1. The van der Waals surface area contributed by atoms with Gasteiger partial charge in [-0.05, 0) is 36.8 Å². The van der Waals surface area contributed by atoms with Crippen LogP contribution in [0.3, 0.4) is 0 Å². The van der Waals surface area contributed by atoms with Crippen molar-refractivity contribution in [3.63, 3.8) is 0 Å². The SMILES string of the molecule is Cc1ccc([C@@H](CC(=O)c2ccco2)Sc2ccccc2N)cc1. The summed E-state index contributed by atoms with van der Waals surface area (Å²) in [6.45, 7) is 2.05. The van der Waals surface area contributed by atoms with Crippen molar-refractivity contribution in [1.82, 2.24) is 0 Å². The van der Waals surface area contributed by atoms with Gasteiger partial charge in [0.2, 0.25) is 0 Å². The van der Waals surface area contributed by atoms with Crippen LogP contribution in [0.4, 0.5) is 5.69 Å². The smallest absolute Gasteiger partial charge is 0.199 e. The summed E-state index contributed by atoms with van der Waals surface area (Å²) in [5.74, 6) is 0.390. The van der Waals surface area contributed by atoms with Crippen molar-refractivity contribution in [1.29, 1.82) is 0 Å². The standard InChI is InChI=1S/C20H19NO2S/c1-14-8-10-15(11-9-14)20(13-17(22)18-6-4-12-23-18)24-19-7-3-2-5-16(19)21/h2-12,20H,13,21H2,1H3/t20-/m1/s1. The number of para-hydroxylation sites is 1. The lowest BCUT2D eigenvalue weighted by molar-refractivity contribution is 0.0955. The van der Waals surface area contributed by atoms with Crippen molar-refractivity contribution in [3.05, 3.63) is 83.8 Å². The third-order valence-electron chi connectivity index (χ3n) is 3.80. The average Bonchev–Trinajstić information content (AvgIpc) is 3.11. The van der Waals surface area contributed by atoms with Crippen LogP contribution in [0.5, 0.6) is 0 Å². The molecule has 4 heteroatoms. The van der Waals surface area contributed by atoms with E-state index in [4.69, 9.17) is 10.2 Å². The van der Waals surface area contributed by atoms with Crippen LogP contribution in [-0.2, 0) is 0 Å². The van der Waals surface area contributed by atoms with Gasteiger partial charge in [0.05, 0.1) is 6.26 Å². The molecule has 24 heavy (non-hydrogen) atoms. The number of carbonyl (C=O) groups is 1. The van der Waals surface area contributed by atoms with Gasteiger partial charge in [0.15, 0.2) is 11.5 Å². The molecule has 3 aromatic rings. The largest absolute Gasteiger partial charge is 0.461 e. The normalized spacial score (nSPS) is 12.0. The van der Waals surface area contributed by atoms with E-state index in [2.05, 4.69) is 31.2 Å². The number of benzene rings is 2. The van der Waals surface area contributed by atoms with E-state index in [0.717, 1.165) is 16.1 Å². The first-order valence-corrected chi connectivity index (χ1v) is 8.66. The van der Waals surface area contributed by atoms with Gasteiger partial charge in [0.25, 0.3) is 0 Å². The van der Waals surface area contributed by atoms with Gasteiger partial charge in [0.1, 0.15) is 0 Å². The Labute approximate surface area is 145 Å². The lowest BCUT2D eigenvalue weighted by Gasteiger charge is -2.17. The molecule has 0 bridgehead atoms. The van der Waals surface area contributed by atoms with Crippen LogP contribution in [0.15, 0.2) is 76.2 Å². The molecule has 0 saturated heterocycles. The number of nitrogens with two attached hydrogens (primary N) is 1. The van der Waals surface area contributed by atoms with Crippen LogP contribution < -0.4 is 5.73 Å². The third kappa shape index (κ3) is 3.89. The fourth-order valence-corrected chi connectivity index (χ4v) is 3.65. The Morgan fingerprint density at radius 1 is 1.08 bits per heavy atom. The van der Waals surface area contributed by atoms with Crippen LogP contribution in [0.2, 0.25) is 0 Å². The fourth-order valence-electron chi connectivity index (χ4n) is 2.46. The van der Waals surface area contributed by atoms with E-state index in [1.807, 2.05) is 24.3 Å². The number of hydrogen-bond donors (Lipinski definition) is 1. The predicted molar refractivity (Wildman–Crippen MR) is 98.3 cm³/mol. The van der Waals surface area contributed by atoms with Gasteiger partial charge in [-0.25, -0.2) is 0 Å². The van der Waals surface area contributed by atoms with Crippen molar-refractivity contribution in [2.75, 3.05) is 5.73 Å². The summed E-state index contributed by atoms with van der Waals surface area (Å²) in [5.41, 5.74) is 9.10. The Hall–Kier alpha value is -2.46. The Morgan fingerprint density at radius 2 is 1.83 bits per heavy atom. The summed E-state index contributed by atoms with van der Waals surface area (Å²) in [5, 5.41) is -0.0205. The lowest BCUT2D eigenvalue weighted by Crippen LogP contribution is -2.05. The maximum absolute atomic E-state index is 12.5. The summed E-state index contributed by atoms with van der Waals surface area (Å²) in [6, 6.07) is 19.4. The highest BCUT2D eigenvalue weighted by Gasteiger charge is 2.21. The van der Waals surface area contributed by atoms with Crippen molar-refractivity contribution >= 4 is 23.2 Å². The van der Waals surface area contributed by atoms with Gasteiger partial charge < -0.3 is 10.2 Å². The van der Waals surface area contributed by atoms with Gasteiger partial charge in [-0.2, -0.15) is 0 Å². The molecule has 2 N–H and O–H groups in total. The van der Waals surface area contributed by atoms with Gasteiger partial charge in [-0.1, -0.05) is 42.0 Å². The number of hydrogen-bond acceptors (Lipinski definition) is 4. The second kappa shape index (κ2) is 7.41. The minimum absolute atomic E-state index is 0.00687. The van der Waals surface area contributed by atoms with Crippen molar-refractivity contribution < 1.29 is 9.21 Å². The Morgan fingerprint density at radius 3 is 2.50 bits per heavy atom. The van der Waals surface area contributed by atoms with E-state index >= 15 is 0 Å². The molecule has 122 valence electrons. The molecule has 0 unspecified atom stereocenters. The summed E-state index contributed by atoms with van der Waals surface area (Å²) in [7, 11) is 0. The van der Waals surface area contributed by atoms with E-state index in [-0.39, 0.29) is 11.0 Å². The molecular weight excluding hydrogens is 318 g/mol. The average molecular weight is 337 g/mol. The zero-order chi connectivity index (χ0) is 16.9. The van der Waals surface area contributed by atoms with E-state index < -0.39 is 0 Å². The number of aryl methyl sites for hydroxylation is 1. The molecule has 1 heterocycles. The van der Waals surface area contributed by atoms with Crippen LogP contribution in [-0.4, -0.2) is 5.78 Å². The molecule has 3 rings (SSSR count). The van der Waals surface area contributed by atoms with Gasteiger partial charge >= 0.3 is 0 Å². The lowest BCUT2D eigenvalue weighted by atomic mass is 10.0. The maximum atomic E-state index is 12.5. The molecule has 2 aromatic carbocycles. The molecule has 0 radical (unpaired) electrons. The number of Topliss-reactive ketones (excluding diaryl/α,β-unsaturated/α-hetero) is 1. The van der Waals surface area contributed by atoms with E-state index in [1.165, 1.54) is 11.8 Å². The molecular formula is C20H19NO2S. The van der Waals surface area contributed by atoms with Gasteiger partial charge in [-0.15, -0.1) is 11.8 Å². The molecule has 0 aliphatic heterocycles. The highest BCUT2D eigenvalue weighted by molar-refractivity contribution is 7.99. The van der Waals surface area contributed by atoms with Crippen molar-refractivity contribution in [2.45, 2.75) is 23.5 Å². The number of ketones is 1. The van der Waals surface area contributed by atoms with Crippen LogP contribution in [0.25, 0.3) is 0 Å². The Kier molecular flexibility index (Phi) is 5.06. The number of furan rings is 1. The van der Waals surface area contributed by atoms with Gasteiger partial charge in [0, 0.05) is 22.3 Å². The summed E-state index contributed by atoms with van der Waals surface area (Å²) < 4.78 is 5.24. The molecule has 0 spiro atoms. The number of nitrogen functional groups attached to an aromatic ring is 1. The van der Waals surface area contributed by atoms with Crippen LogP contribution in [0.1, 0.15) is 33.4 Å².